The van der Waals surface area contributed by atoms with E-state index in [1.807, 2.05) is 13.0 Å². The molecule has 0 atom stereocenters. The van der Waals surface area contributed by atoms with Crippen LogP contribution < -0.4 is 4.72 Å². The van der Waals surface area contributed by atoms with E-state index in [0.29, 0.717) is 17.7 Å². The molecule has 5 nitrogen and oxygen atoms in total. The molecule has 0 aliphatic carbocycles. The topological polar surface area (TPSA) is 79.3 Å². The van der Waals surface area contributed by atoms with Gasteiger partial charge >= 0.3 is 0 Å². The van der Waals surface area contributed by atoms with Gasteiger partial charge in [0.1, 0.15) is 0 Å². The number of nitrogens with zero attached hydrogens (tertiary/aromatic N) is 1. The average Bonchev–Trinajstić information content (AvgIpc) is 2.49. The number of hydrogen-bond acceptors (Lipinski definition) is 4. The lowest BCUT2D eigenvalue weighted by atomic mass is 10.1. The molecule has 0 bridgehead atoms. The van der Waals surface area contributed by atoms with Crippen LogP contribution in [-0.2, 0) is 23.1 Å². The lowest BCUT2D eigenvalue weighted by Gasteiger charge is -2.12. The summed E-state index contributed by atoms with van der Waals surface area (Å²) in [4.78, 5) is 3.87. The molecular formula is C14H15BrN2O3S. The zero-order valence-electron chi connectivity index (χ0n) is 11.4. The van der Waals surface area contributed by atoms with Gasteiger partial charge in [0.25, 0.3) is 10.0 Å². The van der Waals surface area contributed by atoms with Crippen molar-refractivity contribution in [1.82, 2.24) is 4.98 Å². The van der Waals surface area contributed by atoms with E-state index in [2.05, 4.69) is 25.6 Å². The minimum atomic E-state index is -3.74. The minimum Gasteiger partial charge on any atom is -0.392 e. The molecule has 0 aliphatic rings. The van der Waals surface area contributed by atoms with Gasteiger partial charge in [-0.1, -0.05) is 28.9 Å². The summed E-state index contributed by atoms with van der Waals surface area (Å²) < 4.78 is 28.1. The Hall–Kier alpha value is -1.44. The average molecular weight is 371 g/mol. The Labute approximate surface area is 132 Å². The van der Waals surface area contributed by atoms with Crippen LogP contribution >= 0.6 is 15.9 Å². The molecule has 1 aromatic carbocycles. The lowest BCUT2D eigenvalue weighted by Crippen LogP contribution is -2.15. The number of pyridine rings is 1. The maximum atomic E-state index is 12.3. The fourth-order valence-corrected chi connectivity index (χ4v) is 3.26. The van der Waals surface area contributed by atoms with Crippen molar-refractivity contribution in [2.75, 3.05) is 4.72 Å². The van der Waals surface area contributed by atoms with E-state index in [1.54, 1.807) is 12.1 Å². The number of halogens is 1. The Bertz CT molecular complexity index is 730. The van der Waals surface area contributed by atoms with Gasteiger partial charge in [-0.3, -0.25) is 4.72 Å². The van der Waals surface area contributed by atoms with Crippen LogP contribution in [0.15, 0.2) is 46.0 Å². The normalized spacial score (nSPS) is 11.4. The van der Waals surface area contributed by atoms with Crippen LogP contribution in [-0.4, -0.2) is 18.5 Å². The van der Waals surface area contributed by atoms with Crippen LogP contribution in [0.3, 0.4) is 0 Å². The van der Waals surface area contributed by atoms with Gasteiger partial charge in [-0.25, -0.2) is 4.98 Å². The van der Waals surface area contributed by atoms with Crippen molar-refractivity contribution in [3.05, 3.63) is 52.1 Å². The molecule has 112 valence electrons. The van der Waals surface area contributed by atoms with Crippen LogP contribution in [0.5, 0.6) is 0 Å². The van der Waals surface area contributed by atoms with E-state index in [0.717, 1.165) is 10.0 Å². The summed E-state index contributed by atoms with van der Waals surface area (Å²) in [7, 11) is -3.74. The number of aromatic nitrogens is 1. The van der Waals surface area contributed by atoms with Crippen LogP contribution in [0.25, 0.3) is 0 Å². The van der Waals surface area contributed by atoms with Crippen molar-refractivity contribution < 1.29 is 13.5 Å². The number of sulfonamides is 1. The van der Waals surface area contributed by atoms with Crippen molar-refractivity contribution in [2.45, 2.75) is 25.0 Å². The number of anilines is 1. The van der Waals surface area contributed by atoms with Gasteiger partial charge in [0, 0.05) is 10.7 Å². The smallest absolute Gasteiger partial charge is 0.279 e. The predicted octanol–water partition coefficient (Wildman–Crippen LogP) is 2.70. The second-order valence-corrected chi connectivity index (χ2v) is 6.97. The van der Waals surface area contributed by atoms with E-state index >= 15 is 0 Å². The van der Waals surface area contributed by atoms with Gasteiger partial charge in [0.05, 0.1) is 12.3 Å². The summed E-state index contributed by atoms with van der Waals surface area (Å²) in [5.74, 6) is 0. The van der Waals surface area contributed by atoms with Crippen LogP contribution in [0, 0.1) is 0 Å². The summed E-state index contributed by atoms with van der Waals surface area (Å²) >= 11 is 3.36. The maximum absolute atomic E-state index is 12.3. The SMILES string of the molecule is CCc1cc(Br)ccc1NS(=O)(=O)c1ccc(CO)cn1. The number of aryl methyl sites for hydroxylation is 1. The highest BCUT2D eigenvalue weighted by molar-refractivity contribution is 9.10. The Morgan fingerprint density at radius 1 is 1.29 bits per heavy atom. The molecule has 0 radical (unpaired) electrons. The highest BCUT2D eigenvalue weighted by atomic mass is 79.9. The fourth-order valence-electron chi connectivity index (χ4n) is 1.81. The highest BCUT2D eigenvalue weighted by Gasteiger charge is 2.17. The molecule has 0 saturated heterocycles. The molecular weight excluding hydrogens is 356 g/mol. The van der Waals surface area contributed by atoms with E-state index in [1.165, 1.54) is 18.3 Å². The number of nitrogens with one attached hydrogen (secondary N) is 1. The largest absolute Gasteiger partial charge is 0.392 e. The maximum Gasteiger partial charge on any atom is 0.279 e. The predicted molar refractivity (Wildman–Crippen MR) is 84.5 cm³/mol. The van der Waals surface area contributed by atoms with Crippen molar-refractivity contribution in [3.8, 4) is 0 Å². The van der Waals surface area contributed by atoms with Crippen molar-refractivity contribution in [3.63, 3.8) is 0 Å². The monoisotopic (exact) mass is 370 g/mol. The minimum absolute atomic E-state index is 0.0790. The van der Waals surface area contributed by atoms with Gasteiger partial charge in [-0.05, 0) is 41.8 Å². The van der Waals surface area contributed by atoms with E-state index < -0.39 is 10.0 Å². The van der Waals surface area contributed by atoms with E-state index in [9.17, 15) is 8.42 Å². The third kappa shape index (κ3) is 3.81. The number of rotatable bonds is 5. The summed E-state index contributed by atoms with van der Waals surface area (Å²) in [6, 6.07) is 8.27. The molecule has 0 spiro atoms. The summed E-state index contributed by atoms with van der Waals surface area (Å²) in [5.41, 5.74) is 1.99. The molecule has 0 aliphatic heterocycles. The Kier molecular flexibility index (Phi) is 4.97. The van der Waals surface area contributed by atoms with Gasteiger partial charge in [-0.15, -0.1) is 0 Å². The first-order valence-electron chi connectivity index (χ1n) is 6.33. The zero-order valence-corrected chi connectivity index (χ0v) is 13.8. The summed E-state index contributed by atoms with van der Waals surface area (Å²) in [6.07, 6.45) is 2.05. The van der Waals surface area contributed by atoms with Gasteiger partial charge in [0.2, 0.25) is 0 Å². The number of aliphatic hydroxyl groups is 1. The van der Waals surface area contributed by atoms with Crippen LogP contribution in [0.2, 0.25) is 0 Å². The molecule has 21 heavy (non-hydrogen) atoms. The van der Waals surface area contributed by atoms with Crippen molar-refractivity contribution in [2.24, 2.45) is 0 Å². The Morgan fingerprint density at radius 2 is 2.05 bits per heavy atom. The molecule has 0 saturated carbocycles. The van der Waals surface area contributed by atoms with E-state index in [-0.39, 0.29) is 11.6 Å². The number of hydrogen-bond donors (Lipinski definition) is 2. The van der Waals surface area contributed by atoms with Gasteiger partial charge < -0.3 is 5.11 Å². The molecule has 0 amide bonds. The molecule has 2 N–H and O–H groups in total. The molecule has 0 unspecified atom stereocenters. The van der Waals surface area contributed by atoms with Crippen LogP contribution in [0.4, 0.5) is 5.69 Å². The summed E-state index contributed by atoms with van der Waals surface area (Å²) in [6.45, 7) is 1.78. The number of benzene rings is 1. The van der Waals surface area contributed by atoms with E-state index in [4.69, 9.17) is 5.11 Å². The fraction of sp³-hybridized carbons (Fsp3) is 0.214. The second-order valence-electron chi connectivity index (χ2n) is 4.42. The second kappa shape index (κ2) is 6.55. The standard InChI is InChI=1S/C14H15BrN2O3S/c1-2-11-7-12(15)4-5-13(11)17-21(19,20)14-6-3-10(9-18)8-16-14/h3-8,17-18H,2,9H2,1H3. The molecule has 2 aromatic rings. The van der Waals surface area contributed by atoms with Crippen molar-refractivity contribution >= 4 is 31.6 Å². The van der Waals surface area contributed by atoms with Gasteiger partial charge in [0.15, 0.2) is 5.03 Å². The molecule has 2 rings (SSSR count). The third-order valence-corrected chi connectivity index (χ3v) is 4.72. The molecule has 7 heteroatoms. The first kappa shape index (κ1) is 15.9. The summed E-state index contributed by atoms with van der Waals surface area (Å²) in [5, 5.41) is 8.87. The quantitative estimate of drug-likeness (QED) is 0.847. The highest BCUT2D eigenvalue weighted by Crippen LogP contribution is 2.24. The first-order chi connectivity index (χ1) is 9.96. The van der Waals surface area contributed by atoms with Crippen molar-refractivity contribution in [1.29, 1.82) is 0 Å². The Morgan fingerprint density at radius 3 is 2.62 bits per heavy atom. The lowest BCUT2D eigenvalue weighted by molar-refractivity contribution is 0.281. The molecule has 0 fully saturated rings. The van der Waals surface area contributed by atoms with Crippen LogP contribution in [0.1, 0.15) is 18.1 Å². The van der Waals surface area contributed by atoms with Gasteiger partial charge in [-0.2, -0.15) is 8.42 Å². The zero-order chi connectivity index (χ0) is 15.5. The third-order valence-electron chi connectivity index (χ3n) is 2.95. The first-order valence-corrected chi connectivity index (χ1v) is 8.61. The number of aliphatic hydroxyl groups excluding tert-OH is 1. The Balaban J connectivity index is 2.32. The molecule has 1 aromatic heterocycles. The molecule has 1 heterocycles.